The summed E-state index contributed by atoms with van der Waals surface area (Å²) in [4.78, 5) is 5.77. The van der Waals surface area contributed by atoms with Gasteiger partial charge in [-0.3, -0.25) is 9.80 Å². The highest BCUT2D eigenvalue weighted by atomic mass is 16.5. The third-order valence-electron chi connectivity index (χ3n) is 7.36. The molecule has 4 saturated heterocycles. The molecule has 4 aliphatic heterocycles. The summed E-state index contributed by atoms with van der Waals surface area (Å²) in [5.74, 6) is 2.65. The summed E-state index contributed by atoms with van der Waals surface area (Å²) < 4.78 is 5.74. The highest BCUT2D eigenvalue weighted by Gasteiger charge is 2.55. The molecule has 1 aliphatic carbocycles. The van der Waals surface area contributed by atoms with Crippen LogP contribution in [0.5, 0.6) is 5.75 Å². The lowest BCUT2D eigenvalue weighted by Crippen LogP contribution is -2.61. The molecule has 0 radical (unpaired) electrons. The first-order valence-electron chi connectivity index (χ1n) is 9.99. The third-order valence-corrected chi connectivity index (χ3v) is 7.36. The van der Waals surface area contributed by atoms with Crippen molar-refractivity contribution in [2.24, 2.45) is 5.92 Å². The average molecular weight is 326 g/mol. The topological polar surface area (TPSA) is 15.7 Å². The molecular formula is C21H30N2O. The molecule has 0 unspecified atom stereocenters. The predicted molar refractivity (Wildman–Crippen MR) is 96.6 cm³/mol. The van der Waals surface area contributed by atoms with Crippen LogP contribution in [-0.4, -0.2) is 54.7 Å². The van der Waals surface area contributed by atoms with Crippen LogP contribution < -0.4 is 4.74 Å². The lowest BCUT2D eigenvalue weighted by Gasteiger charge is -2.52. The van der Waals surface area contributed by atoms with Crippen LogP contribution in [0, 0.1) is 5.92 Å². The first-order chi connectivity index (χ1) is 11.9. The standard InChI is InChI=1S/C21H30N2O/c1-24-19-9-5-4-8-17(19)18-14-23(16-6-2-3-7-16)20-15-10-12-22(13-11-15)21(18)20/h4-5,8-9,15-16,18,20-21H,2-3,6-7,10-14H2,1H3/t18-,20+,21+/m0/s1. The molecule has 1 aromatic rings. The average Bonchev–Trinajstić information content (AvgIpc) is 3.31. The molecule has 3 heteroatoms. The van der Waals surface area contributed by atoms with Gasteiger partial charge in [-0.2, -0.15) is 0 Å². The predicted octanol–water partition coefficient (Wildman–Crippen LogP) is 3.50. The quantitative estimate of drug-likeness (QED) is 0.845. The number of hydrogen-bond donors (Lipinski definition) is 0. The van der Waals surface area contributed by atoms with E-state index in [4.69, 9.17) is 4.74 Å². The molecule has 6 rings (SSSR count). The molecule has 0 amide bonds. The van der Waals surface area contributed by atoms with Crippen molar-refractivity contribution in [1.29, 1.82) is 0 Å². The van der Waals surface area contributed by atoms with Gasteiger partial charge in [-0.15, -0.1) is 0 Å². The first kappa shape index (κ1) is 15.2. The SMILES string of the molecule is COc1ccccc1[C@@H]1CN(C2CCCC2)[C@@H]2C3CCN(CC3)[C@@H]21. The van der Waals surface area contributed by atoms with E-state index >= 15 is 0 Å². The van der Waals surface area contributed by atoms with Crippen LogP contribution >= 0.6 is 0 Å². The second-order valence-corrected chi connectivity index (χ2v) is 8.34. The molecule has 130 valence electrons. The zero-order chi connectivity index (χ0) is 16.1. The van der Waals surface area contributed by atoms with Crippen LogP contribution in [0.15, 0.2) is 24.3 Å². The molecule has 0 N–H and O–H groups in total. The summed E-state index contributed by atoms with van der Waals surface area (Å²) in [6.45, 7) is 3.87. The number of hydrogen-bond acceptors (Lipinski definition) is 3. The van der Waals surface area contributed by atoms with Crippen LogP contribution in [-0.2, 0) is 0 Å². The molecule has 1 saturated carbocycles. The molecule has 1 aromatic carbocycles. The zero-order valence-electron chi connectivity index (χ0n) is 14.9. The van der Waals surface area contributed by atoms with Crippen molar-refractivity contribution in [3.63, 3.8) is 0 Å². The highest BCUT2D eigenvalue weighted by molar-refractivity contribution is 5.39. The summed E-state index contributed by atoms with van der Waals surface area (Å²) in [6, 6.07) is 11.1. The Kier molecular flexibility index (Phi) is 3.82. The molecule has 0 spiro atoms. The molecule has 0 aromatic heterocycles. The van der Waals surface area contributed by atoms with Crippen molar-refractivity contribution in [2.75, 3.05) is 26.7 Å². The van der Waals surface area contributed by atoms with Gasteiger partial charge < -0.3 is 4.74 Å². The Morgan fingerprint density at radius 1 is 0.958 bits per heavy atom. The summed E-state index contributed by atoms with van der Waals surface area (Å²) in [7, 11) is 1.83. The smallest absolute Gasteiger partial charge is 0.122 e. The fraction of sp³-hybridized carbons (Fsp3) is 0.714. The number of rotatable bonds is 3. The molecule has 5 aliphatic rings. The Hall–Kier alpha value is -1.06. The van der Waals surface area contributed by atoms with E-state index in [-0.39, 0.29) is 0 Å². The maximum Gasteiger partial charge on any atom is 0.122 e. The molecule has 5 fully saturated rings. The summed E-state index contributed by atoms with van der Waals surface area (Å²) >= 11 is 0. The maximum atomic E-state index is 5.74. The fourth-order valence-corrected chi connectivity index (χ4v) is 6.35. The van der Waals surface area contributed by atoms with Gasteiger partial charge in [0.1, 0.15) is 5.75 Å². The van der Waals surface area contributed by atoms with Gasteiger partial charge in [0.25, 0.3) is 0 Å². The van der Waals surface area contributed by atoms with Gasteiger partial charge in [-0.25, -0.2) is 0 Å². The van der Waals surface area contributed by atoms with Crippen LogP contribution in [0.3, 0.4) is 0 Å². The van der Waals surface area contributed by atoms with E-state index in [9.17, 15) is 0 Å². The summed E-state index contributed by atoms with van der Waals surface area (Å²) in [5.41, 5.74) is 1.45. The molecule has 2 bridgehead atoms. The van der Waals surface area contributed by atoms with E-state index in [1.807, 2.05) is 7.11 Å². The Bertz CT molecular complexity index is 589. The second kappa shape index (κ2) is 6.03. The molecule has 3 nitrogen and oxygen atoms in total. The van der Waals surface area contributed by atoms with E-state index < -0.39 is 0 Å². The number of fused-ring (bicyclic) bond motifs is 2. The zero-order valence-corrected chi connectivity index (χ0v) is 14.9. The van der Waals surface area contributed by atoms with Crippen molar-refractivity contribution >= 4 is 0 Å². The largest absolute Gasteiger partial charge is 0.496 e. The monoisotopic (exact) mass is 326 g/mol. The van der Waals surface area contributed by atoms with E-state index in [0.717, 1.165) is 29.8 Å². The van der Waals surface area contributed by atoms with E-state index in [1.54, 1.807) is 0 Å². The number of methoxy groups -OCH3 is 1. The van der Waals surface area contributed by atoms with Gasteiger partial charge in [0.05, 0.1) is 7.11 Å². The first-order valence-corrected chi connectivity index (χ1v) is 9.99. The number of nitrogens with zero attached hydrogens (tertiary/aromatic N) is 2. The second-order valence-electron chi connectivity index (χ2n) is 8.34. The van der Waals surface area contributed by atoms with Crippen molar-refractivity contribution < 1.29 is 4.74 Å². The van der Waals surface area contributed by atoms with Crippen molar-refractivity contribution in [2.45, 2.75) is 62.6 Å². The number of ether oxygens (including phenoxy) is 1. The molecule has 4 heterocycles. The third kappa shape index (κ3) is 2.24. The van der Waals surface area contributed by atoms with Crippen LogP contribution in [0.4, 0.5) is 0 Å². The maximum absolute atomic E-state index is 5.74. The Labute approximate surface area is 146 Å². The van der Waals surface area contributed by atoms with Gasteiger partial charge in [-0.1, -0.05) is 31.0 Å². The molecule has 3 atom stereocenters. The van der Waals surface area contributed by atoms with Gasteiger partial charge in [0.15, 0.2) is 0 Å². The highest BCUT2D eigenvalue weighted by Crippen LogP contribution is 2.49. The Balaban J connectivity index is 1.53. The Morgan fingerprint density at radius 2 is 1.71 bits per heavy atom. The van der Waals surface area contributed by atoms with Gasteiger partial charge in [0, 0.05) is 36.2 Å². The molecular weight excluding hydrogens is 296 g/mol. The van der Waals surface area contributed by atoms with Gasteiger partial charge in [-0.05, 0) is 50.8 Å². The van der Waals surface area contributed by atoms with Crippen molar-refractivity contribution in [3.8, 4) is 5.75 Å². The summed E-state index contributed by atoms with van der Waals surface area (Å²) in [5, 5.41) is 0. The van der Waals surface area contributed by atoms with E-state index in [1.165, 1.54) is 63.7 Å². The lowest BCUT2D eigenvalue weighted by atomic mass is 9.75. The number of benzene rings is 1. The number of para-hydroxylation sites is 1. The Morgan fingerprint density at radius 3 is 2.46 bits per heavy atom. The van der Waals surface area contributed by atoms with E-state index in [0.29, 0.717) is 5.92 Å². The lowest BCUT2D eigenvalue weighted by molar-refractivity contribution is -0.0179. The minimum atomic E-state index is 0.620. The van der Waals surface area contributed by atoms with Crippen molar-refractivity contribution in [3.05, 3.63) is 29.8 Å². The fourth-order valence-electron chi connectivity index (χ4n) is 6.35. The number of likely N-dealkylation sites (tertiary alicyclic amines) is 1. The van der Waals surface area contributed by atoms with Crippen LogP contribution in [0.1, 0.15) is 50.0 Å². The number of piperidine rings is 3. The summed E-state index contributed by atoms with van der Waals surface area (Å²) in [6.07, 6.45) is 8.56. The van der Waals surface area contributed by atoms with Gasteiger partial charge >= 0.3 is 0 Å². The normalized spacial score (nSPS) is 39.3. The minimum absolute atomic E-state index is 0.620. The molecule has 24 heavy (non-hydrogen) atoms. The minimum Gasteiger partial charge on any atom is -0.496 e. The van der Waals surface area contributed by atoms with Crippen LogP contribution in [0.2, 0.25) is 0 Å². The van der Waals surface area contributed by atoms with Crippen LogP contribution in [0.25, 0.3) is 0 Å². The van der Waals surface area contributed by atoms with E-state index in [2.05, 4.69) is 34.1 Å². The van der Waals surface area contributed by atoms with Crippen molar-refractivity contribution in [1.82, 2.24) is 9.80 Å². The van der Waals surface area contributed by atoms with Gasteiger partial charge in [0.2, 0.25) is 0 Å².